The first-order valence-corrected chi connectivity index (χ1v) is 7.49. The minimum Gasteiger partial charge on any atom is -0.376 e. The molecule has 0 aromatic heterocycles. The molecule has 1 aliphatic rings. The van der Waals surface area contributed by atoms with Crippen molar-refractivity contribution in [1.29, 1.82) is 0 Å². The van der Waals surface area contributed by atoms with E-state index in [1.807, 2.05) is 11.8 Å². The van der Waals surface area contributed by atoms with Crippen molar-refractivity contribution in [1.82, 2.24) is 4.90 Å². The number of nitro benzene ring substituents is 1. The molecule has 1 aromatic carbocycles. The molecule has 0 saturated carbocycles. The van der Waals surface area contributed by atoms with Crippen LogP contribution >= 0.6 is 11.8 Å². The minimum atomic E-state index is -0.422. The molecule has 1 N–H and O–H groups in total. The van der Waals surface area contributed by atoms with Crippen LogP contribution in [0.25, 0.3) is 0 Å². The van der Waals surface area contributed by atoms with Crippen LogP contribution in [0.3, 0.4) is 0 Å². The molecule has 0 aliphatic carbocycles. The first kappa shape index (κ1) is 14.6. The van der Waals surface area contributed by atoms with Crippen molar-refractivity contribution < 1.29 is 9.72 Å². The zero-order chi connectivity index (χ0) is 14.7. The number of anilines is 1. The topological polar surface area (TPSA) is 75.5 Å². The third-order valence-corrected chi connectivity index (χ3v) is 4.30. The molecule has 6 nitrogen and oxygen atoms in total. The highest BCUT2D eigenvalue weighted by atomic mass is 32.2. The second-order valence-electron chi connectivity index (χ2n) is 4.89. The van der Waals surface area contributed by atoms with Crippen LogP contribution in [0, 0.1) is 10.1 Å². The molecular formula is C13H17N3O3S. The van der Waals surface area contributed by atoms with Gasteiger partial charge < -0.3 is 10.2 Å². The van der Waals surface area contributed by atoms with E-state index in [4.69, 9.17) is 0 Å². The molecule has 7 heteroatoms. The number of hydrogen-bond donors (Lipinski definition) is 1. The Labute approximate surface area is 121 Å². The van der Waals surface area contributed by atoms with Gasteiger partial charge in [0.05, 0.1) is 4.92 Å². The lowest BCUT2D eigenvalue weighted by Gasteiger charge is -2.15. The second kappa shape index (κ2) is 6.13. The summed E-state index contributed by atoms with van der Waals surface area (Å²) in [6, 6.07) is 4.68. The molecule has 1 heterocycles. The third kappa shape index (κ3) is 3.22. The summed E-state index contributed by atoms with van der Waals surface area (Å²) in [4.78, 5) is 24.0. The summed E-state index contributed by atoms with van der Waals surface area (Å²) in [5.74, 6) is 1.83. The Balaban J connectivity index is 2.31. The SMILES string of the molecule is CN(C)C(=O)c1ccc([N+](=O)[O-])c(NC2CCSC2)c1. The summed E-state index contributed by atoms with van der Waals surface area (Å²) < 4.78 is 0. The summed E-state index contributed by atoms with van der Waals surface area (Å²) in [5, 5.41) is 14.3. The maximum Gasteiger partial charge on any atom is 0.292 e. The Bertz CT molecular complexity index is 528. The Morgan fingerprint density at radius 1 is 1.50 bits per heavy atom. The molecule has 108 valence electrons. The van der Waals surface area contributed by atoms with Crippen molar-refractivity contribution in [3.05, 3.63) is 33.9 Å². The van der Waals surface area contributed by atoms with Crippen molar-refractivity contribution in [3.8, 4) is 0 Å². The van der Waals surface area contributed by atoms with Crippen LogP contribution in [0.1, 0.15) is 16.8 Å². The maximum absolute atomic E-state index is 11.9. The van der Waals surface area contributed by atoms with E-state index < -0.39 is 4.92 Å². The van der Waals surface area contributed by atoms with Crippen LogP contribution in [0.15, 0.2) is 18.2 Å². The first-order chi connectivity index (χ1) is 9.49. The maximum atomic E-state index is 11.9. The zero-order valence-electron chi connectivity index (χ0n) is 11.5. The Hall–Kier alpha value is -1.76. The smallest absolute Gasteiger partial charge is 0.292 e. The number of hydrogen-bond acceptors (Lipinski definition) is 5. The van der Waals surface area contributed by atoms with Gasteiger partial charge in [0.25, 0.3) is 11.6 Å². The van der Waals surface area contributed by atoms with Gasteiger partial charge in [-0.05, 0) is 24.3 Å². The predicted octanol–water partition coefficient (Wildman–Crippen LogP) is 2.21. The van der Waals surface area contributed by atoms with Crippen LogP contribution in [-0.2, 0) is 0 Å². The predicted molar refractivity (Wildman–Crippen MR) is 80.5 cm³/mol. The van der Waals surface area contributed by atoms with Gasteiger partial charge in [0, 0.05) is 37.5 Å². The van der Waals surface area contributed by atoms with E-state index in [0.717, 1.165) is 17.9 Å². The number of amides is 1. The number of nitrogens with zero attached hydrogens (tertiary/aromatic N) is 2. The van der Waals surface area contributed by atoms with E-state index in [1.165, 1.54) is 17.0 Å². The first-order valence-electron chi connectivity index (χ1n) is 6.33. The van der Waals surface area contributed by atoms with Crippen molar-refractivity contribution >= 4 is 29.0 Å². The van der Waals surface area contributed by atoms with Crippen molar-refractivity contribution in [3.63, 3.8) is 0 Å². The highest BCUT2D eigenvalue weighted by Gasteiger charge is 2.22. The van der Waals surface area contributed by atoms with E-state index in [-0.39, 0.29) is 17.6 Å². The average Bonchev–Trinajstić information content (AvgIpc) is 2.90. The summed E-state index contributed by atoms with van der Waals surface area (Å²) in [5.41, 5.74) is 0.890. The molecule has 1 amide bonds. The zero-order valence-corrected chi connectivity index (χ0v) is 12.3. The number of rotatable bonds is 4. The molecule has 1 unspecified atom stereocenters. The molecule has 1 saturated heterocycles. The van der Waals surface area contributed by atoms with Crippen LogP contribution < -0.4 is 5.32 Å². The van der Waals surface area contributed by atoms with E-state index in [0.29, 0.717) is 11.3 Å². The van der Waals surface area contributed by atoms with Gasteiger partial charge in [-0.2, -0.15) is 11.8 Å². The number of benzene rings is 1. The van der Waals surface area contributed by atoms with Gasteiger partial charge in [-0.1, -0.05) is 0 Å². The molecular weight excluding hydrogens is 278 g/mol. The lowest BCUT2D eigenvalue weighted by Crippen LogP contribution is -2.23. The summed E-state index contributed by atoms with van der Waals surface area (Å²) >= 11 is 1.82. The third-order valence-electron chi connectivity index (χ3n) is 3.14. The van der Waals surface area contributed by atoms with Gasteiger partial charge in [0.2, 0.25) is 0 Å². The Morgan fingerprint density at radius 3 is 2.80 bits per heavy atom. The van der Waals surface area contributed by atoms with E-state index in [1.54, 1.807) is 20.2 Å². The van der Waals surface area contributed by atoms with E-state index in [2.05, 4.69) is 5.32 Å². The molecule has 0 spiro atoms. The number of nitro groups is 1. The molecule has 1 fully saturated rings. The molecule has 2 rings (SSSR count). The standard InChI is InChI=1S/C13H17N3O3S/c1-15(2)13(17)9-3-4-12(16(18)19)11(7-9)14-10-5-6-20-8-10/h3-4,7,10,14H,5-6,8H2,1-2H3. The second-order valence-corrected chi connectivity index (χ2v) is 6.04. The molecule has 0 radical (unpaired) electrons. The quantitative estimate of drug-likeness (QED) is 0.681. The van der Waals surface area contributed by atoms with Crippen LogP contribution in [0.5, 0.6) is 0 Å². The number of thioether (sulfide) groups is 1. The monoisotopic (exact) mass is 295 g/mol. The van der Waals surface area contributed by atoms with E-state index in [9.17, 15) is 14.9 Å². The minimum absolute atomic E-state index is 0.0113. The highest BCUT2D eigenvalue weighted by Crippen LogP contribution is 2.29. The summed E-state index contributed by atoms with van der Waals surface area (Å²) in [6.07, 6.45) is 0.980. The highest BCUT2D eigenvalue weighted by molar-refractivity contribution is 7.99. The van der Waals surface area contributed by atoms with Crippen LogP contribution in [0.2, 0.25) is 0 Å². The molecule has 1 aliphatic heterocycles. The number of carbonyl (C=O) groups is 1. The fourth-order valence-corrected chi connectivity index (χ4v) is 3.22. The fourth-order valence-electron chi connectivity index (χ4n) is 2.07. The van der Waals surface area contributed by atoms with Gasteiger partial charge in [-0.3, -0.25) is 14.9 Å². The normalized spacial score (nSPS) is 17.8. The molecule has 1 aromatic rings. The largest absolute Gasteiger partial charge is 0.376 e. The van der Waals surface area contributed by atoms with Gasteiger partial charge >= 0.3 is 0 Å². The number of carbonyl (C=O) groups excluding carboxylic acids is 1. The molecule has 0 bridgehead atoms. The lowest BCUT2D eigenvalue weighted by molar-refractivity contribution is -0.384. The van der Waals surface area contributed by atoms with Crippen molar-refractivity contribution in [2.24, 2.45) is 0 Å². The lowest BCUT2D eigenvalue weighted by atomic mass is 10.1. The van der Waals surface area contributed by atoms with Gasteiger partial charge in [-0.25, -0.2) is 0 Å². The Morgan fingerprint density at radius 2 is 2.25 bits per heavy atom. The van der Waals surface area contributed by atoms with Gasteiger partial charge in [-0.15, -0.1) is 0 Å². The average molecular weight is 295 g/mol. The number of nitrogens with one attached hydrogen (secondary N) is 1. The van der Waals surface area contributed by atoms with Crippen LogP contribution in [0.4, 0.5) is 11.4 Å². The van der Waals surface area contributed by atoms with Gasteiger partial charge in [0.15, 0.2) is 0 Å². The fraction of sp³-hybridized carbons (Fsp3) is 0.462. The van der Waals surface area contributed by atoms with Crippen molar-refractivity contribution in [2.45, 2.75) is 12.5 Å². The summed E-state index contributed by atoms with van der Waals surface area (Å²) in [6.45, 7) is 0. The van der Waals surface area contributed by atoms with Crippen molar-refractivity contribution in [2.75, 3.05) is 30.9 Å². The summed E-state index contributed by atoms with van der Waals surface area (Å²) in [7, 11) is 3.31. The molecule has 1 atom stereocenters. The van der Waals surface area contributed by atoms with E-state index >= 15 is 0 Å². The Kier molecular flexibility index (Phi) is 4.49. The van der Waals surface area contributed by atoms with Crippen LogP contribution in [-0.4, -0.2) is 47.4 Å². The molecule has 20 heavy (non-hydrogen) atoms. The van der Waals surface area contributed by atoms with Gasteiger partial charge in [0.1, 0.15) is 5.69 Å².